The van der Waals surface area contributed by atoms with Crippen LogP contribution in [0.2, 0.25) is 0 Å². The first-order chi connectivity index (χ1) is 9.43. The number of rotatable bonds is 4. The van der Waals surface area contributed by atoms with E-state index in [1.54, 1.807) is 11.8 Å². The molecule has 1 aromatic rings. The summed E-state index contributed by atoms with van der Waals surface area (Å²) in [5, 5.41) is 5.27. The van der Waals surface area contributed by atoms with Crippen molar-refractivity contribution in [2.45, 2.75) is 30.0 Å². The topological polar surface area (TPSA) is 80.5 Å². The van der Waals surface area contributed by atoms with Gasteiger partial charge in [-0.2, -0.15) is 0 Å². The predicted molar refractivity (Wildman–Crippen MR) is 80.0 cm³/mol. The molecule has 7 heteroatoms. The third kappa shape index (κ3) is 3.34. The standard InChI is InChI=1S/C13H18N2O3S2/c1-2-3-12-15(8-9-19-12)13(16)10-4-6-11(7-5-10)20(14,17)18/h4-7,12H,2-3,8-9H2,1H3,(H2,14,17,18)/t12-/m1/s1. The van der Waals surface area contributed by atoms with Gasteiger partial charge >= 0.3 is 0 Å². The quantitative estimate of drug-likeness (QED) is 0.916. The molecule has 1 aliphatic rings. The number of sulfonamides is 1. The molecular weight excluding hydrogens is 296 g/mol. The van der Waals surface area contributed by atoms with Crippen LogP contribution in [0.15, 0.2) is 29.2 Å². The van der Waals surface area contributed by atoms with Crippen molar-refractivity contribution < 1.29 is 13.2 Å². The smallest absolute Gasteiger partial charge is 0.254 e. The monoisotopic (exact) mass is 314 g/mol. The van der Waals surface area contributed by atoms with Gasteiger partial charge in [-0.15, -0.1) is 11.8 Å². The number of amides is 1. The Bertz CT molecular complexity index is 584. The lowest BCUT2D eigenvalue weighted by molar-refractivity contribution is 0.0756. The third-order valence-corrected chi connectivity index (χ3v) is 5.44. The van der Waals surface area contributed by atoms with Crippen LogP contribution in [-0.4, -0.2) is 36.9 Å². The van der Waals surface area contributed by atoms with Crippen LogP contribution < -0.4 is 5.14 Å². The Labute approximate surface area is 123 Å². The highest BCUT2D eigenvalue weighted by Crippen LogP contribution is 2.28. The minimum Gasteiger partial charge on any atom is -0.326 e. The summed E-state index contributed by atoms with van der Waals surface area (Å²) in [6.07, 6.45) is 2.01. The first-order valence-corrected chi connectivity index (χ1v) is 9.08. The summed E-state index contributed by atoms with van der Waals surface area (Å²) >= 11 is 1.79. The van der Waals surface area contributed by atoms with Crippen molar-refractivity contribution in [2.75, 3.05) is 12.3 Å². The van der Waals surface area contributed by atoms with E-state index in [1.165, 1.54) is 24.3 Å². The Morgan fingerprint density at radius 2 is 2.05 bits per heavy atom. The Kier molecular flexibility index (Phi) is 4.72. The fourth-order valence-electron chi connectivity index (χ4n) is 2.19. The fourth-order valence-corrected chi connectivity index (χ4v) is 4.07. The highest BCUT2D eigenvalue weighted by Gasteiger charge is 2.29. The number of thioether (sulfide) groups is 1. The highest BCUT2D eigenvalue weighted by atomic mass is 32.2. The van der Waals surface area contributed by atoms with E-state index >= 15 is 0 Å². The second kappa shape index (κ2) is 6.15. The summed E-state index contributed by atoms with van der Waals surface area (Å²) in [5.41, 5.74) is 0.501. The molecule has 1 heterocycles. The first kappa shape index (κ1) is 15.3. The van der Waals surface area contributed by atoms with Gasteiger partial charge < -0.3 is 4.90 Å². The zero-order chi connectivity index (χ0) is 14.8. The van der Waals surface area contributed by atoms with Gasteiger partial charge in [0.15, 0.2) is 0 Å². The zero-order valence-corrected chi connectivity index (χ0v) is 12.9. The number of hydrogen-bond donors (Lipinski definition) is 1. The molecule has 1 atom stereocenters. The largest absolute Gasteiger partial charge is 0.326 e. The van der Waals surface area contributed by atoms with Crippen molar-refractivity contribution in [3.63, 3.8) is 0 Å². The lowest BCUT2D eigenvalue weighted by atomic mass is 10.2. The Balaban J connectivity index is 2.17. The van der Waals surface area contributed by atoms with Crippen LogP contribution in [0.1, 0.15) is 30.1 Å². The van der Waals surface area contributed by atoms with Crippen molar-refractivity contribution in [2.24, 2.45) is 5.14 Å². The van der Waals surface area contributed by atoms with Gasteiger partial charge in [-0.25, -0.2) is 13.6 Å². The molecule has 20 heavy (non-hydrogen) atoms. The Hall–Kier alpha value is -1.05. The average molecular weight is 314 g/mol. The van der Waals surface area contributed by atoms with Crippen molar-refractivity contribution in [1.29, 1.82) is 0 Å². The van der Waals surface area contributed by atoms with E-state index in [9.17, 15) is 13.2 Å². The number of carbonyl (C=O) groups excluding carboxylic acids is 1. The van der Waals surface area contributed by atoms with Gasteiger partial charge in [0.25, 0.3) is 5.91 Å². The van der Waals surface area contributed by atoms with Crippen LogP contribution in [-0.2, 0) is 10.0 Å². The maximum absolute atomic E-state index is 12.4. The van der Waals surface area contributed by atoms with Crippen LogP contribution in [0, 0.1) is 0 Å². The lowest BCUT2D eigenvalue weighted by Crippen LogP contribution is -2.34. The van der Waals surface area contributed by atoms with Gasteiger partial charge in [-0.1, -0.05) is 13.3 Å². The SMILES string of the molecule is CCC[C@H]1SCCN1C(=O)c1ccc(S(N)(=O)=O)cc1. The molecule has 0 bridgehead atoms. The van der Waals surface area contributed by atoms with Gasteiger partial charge in [0.1, 0.15) is 0 Å². The molecule has 2 rings (SSSR count). The van der Waals surface area contributed by atoms with Crippen molar-refractivity contribution in [3.8, 4) is 0 Å². The minimum atomic E-state index is -3.71. The molecule has 110 valence electrons. The highest BCUT2D eigenvalue weighted by molar-refractivity contribution is 8.00. The molecule has 1 aliphatic heterocycles. The molecule has 5 nitrogen and oxygen atoms in total. The molecule has 0 aromatic heterocycles. The summed E-state index contributed by atoms with van der Waals surface area (Å²) in [7, 11) is -3.71. The van der Waals surface area contributed by atoms with Gasteiger partial charge in [0, 0.05) is 17.9 Å². The van der Waals surface area contributed by atoms with Crippen LogP contribution >= 0.6 is 11.8 Å². The average Bonchev–Trinajstić information content (AvgIpc) is 2.86. The molecule has 1 fully saturated rings. The molecule has 0 saturated carbocycles. The summed E-state index contributed by atoms with van der Waals surface area (Å²) in [6, 6.07) is 5.79. The van der Waals surface area contributed by atoms with Crippen LogP contribution in [0.4, 0.5) is 0 Å². The van der Waals surface area contributed by atoms with Gasteiger partial charge in [0.2, 0.25) is 10.0 Å². The molecular formula is C13H18N2O3S2. The second-order valence-corrected chi connectivity index (χ2v) is 7.53. The van der Waals surface area contributed by atoms with Crippen LogP contribution in [0.5, 0.6) is 0 Å². The maximum atomic E-state index is 12.4. The maximum Gasteiger partial charge on any atom is 0.254 e. The molecule has 0 aliphatic carbocycles. The zero-order valence-electron chi connectivity index (χ0n) is 11.3. The van der Waals surface area contributed by atoms with Gasteiger partial charge in [0.05, 0.1) is 10.3 Å². The third-order valence-electron chi connectivity index (χ3n) is 3.22. The molecule has 1 saturated heterocycles. The fraction of sp³-hybridized carbons (Fsp3) is 0.462. The second-order valence-electron chi connectivity index (χ2n) is 4.68. The number of primary sulfonamides is 1. The number of nitrogens with two attached hydrogens (primary N) is 1. The number of carbonyl (C=O) groups is 1. The molecule has 2 N–H and O–H groups in total. The molecule has 0 spiro atoms. The van der Waals surface area contributed by atoms with E-state index in [0.29, 0.717) is 5.56 Å². The predicted octanol–water partition coefficient (Wildman–Crippen LogP) is 1.65. The molecule has 0 unspecified atom stereocenters. The minimum absolute atomic E-state index is 0.0231. The summed E-state index contributed by atoms with van der Waals surface area (Å²) in [6.45, 7) is 2.84. The van der Waals surface area contributed by atoms with E-state index in [2.05, 4.69) is 6.92 Å². The van der Waals surface area contributed by atoms with Crippen molar-refractivity contribution in [3.05, 3.63) is 29.8 Å². The van der Waals surface area contributed by atoms with E-state index < -0.39 is 10.0 Å². The first-order valence-electron chi connectivity index (χ1n) is 6.49. The van der Waals surface area contributed by atoms with E-state index in [4.69, 9.17) is 5.14 Å². The summed E-state index contributed by atoms with van der Waals surface area (Å²) < 4.78 is 22.4. The molecule has 1 aromatic carbocycles. The molecule has 1 amide bonds. The Morgan fingerprint density at radius 1 is 1.40 bits per heavy atom. The number of hydrogen-bond acceptors (Lipinski definition) is 4. The van der Waals surface area contributed by atoms with Crippen LogP contribution in [0.25, 0.3) is 0 Å². The Morgan fingerprint density at radius 3 is 2.60 bits per heavy atom. The van der Waals surface area contributed by atoms with E-state index in [-0.39, 0.29) is 16.2 Å². The number of nitrogens with zero attached hydrogens (tertiary/aromatic N) is 1. The van der Waals surface area contributed by atoms with Gasteiger partial charge in [-0.3, -0.25) is 4.79 Å². The van der Waals surface area contributed by atoms with Crippen molar-refractivity contribution in [1.82, 2.24) is 4.90 Å². The summed E-state index contributed by atoms with van der Waals surface area (Å²) in [4.78, 5) is 14.3. The normalized spacial score (nSPS) is 19.3. The van der Waals surface area contributed by atoms with Gasteiger partial charge in [-0.05, 0) is 30.7 Å². The van der Waals surface area contributed by atoms with E-state index in [0.717, 1.165) is 25.1 Å². The number of benzene rings is 1. The summed E-state index contributed by atoms with van der Waals surface area (Å²) in [5.74, 6) is 0.903. The van der Waals surface area contributed by atoms with Crippen molar-refractivity contribution >= 4 is 27.7 Å². The van der Waals surface area contributed by atoms with E-state index in [1.807, 2.05) is 4.90 Å². The lowest BCUT2D eigenvalue weighted by Gasteiger charge is -2.23. The van der Waals surface area contributed by atoms with Crippen LogP contribution in [0.3, 0.4) is 0 Å². The molecule has 0 radical (unpaired) electrons.